The van der Waals surface area contributed by atoms with Crippen molar-refractivity contribution in [3.63, 3.8) is 0 Å². The van der Waals surface area contributed by atoms with Gasteiger partial charge >= 0.3 is 0 Å². The molecule has 108 valence electrons. The zero-order valence-corrected chi connectivity index (χ0v) is 11.7. The molecule has 0 radical (unpaired) electrons. The fraction of sp³-hybridized carbons (Fsp3) is 0.500. The quantitative estimate of drug-likeness (QED) is 0.816. The topological polar surface area (TPSA) is 82.5 Å². The minimum absolute atomic E-state index is 0.0622. The van der Waals surface area contributed by atoms with Crippen LogP contribution in [-0.2, 0) is 16.1 Å². The van der Waals surface area contributed by atoms with Crippen LogP contribution in [0, 0.1) is 0 Å². The van der Waals surface area contributed by atoms with E-state index in [1.165, 1.54) is 6.92 Å². The molecule has 2 rings (SSSR count). The molecular weight excluding hydrogens is 258 g/mol. The van der Waals surface area contributed by atoms with Gasteiger partial charge in [0.15, 0.2) is 0 Å². The largest absolute Gasteiger partial charge is 0.392 e. The van der Waals surface area contributed by atoms with Crippen LogP contribution < -0.4 is 5.32 Å². The number of aliphatic hydroxyl groups is 1. The summed E-state index contributed by atoms with van der Waals surface area (Å²) in [7, 11) is 0. The maximum absolute atomic E-state index is 12.2. The van der Waals surface area contributed by atoms with Crippen LogP contribution in [0.25, 0.3) is 0 Å². The number of fused-ring (bicyclic) bond motifs is 1. The summed E-state index contributed by atoms with van der Waals surface area (Å²) < 4.78 is 0. The highest BCUT2D eigenvalue weighted by Gasteiger charge is 2.32. The van der Waals surface area contributed by atoms with Crippen molar-refractivity contribution in [3.05, 3.63) is 29.6 Å². The highest BCUT2D eigenvalue weighted by atomic mass is 16.3. The molecule has 0 aliphatic carbocycles. The van der Waals surface area contributed by atoms with Crippen LogP contribution in [0.3, 0.4) is 0 Å². The van der Waals surface area contributed by atoms with Gasteiger partial charge in [-0.05, 0) is 18.6 Å². The molecule has 0 fully saturated rings. The van der Waals surface area contributed by atoms with Gasteiger partial charge < -0.3 is 15.3 Å². The van der Waals surface area contributed by atoms with Crippen molar-refractivity contribution in [1.82, 2.24) is 15.2 Å². The van der Waals surface area contributed by atoms with Crippen LogP contribution in [0.2, 0.25) is 0 Å². The maximum atomic E-state index is 12.2. The van der Waals surface area contributed by atoms with Gasteiger partial charge in [-0.3, -0.25) is 14.6 Å². The molecule has 20 heavy (non-hydrogen) atoms. The average Bonchev–Trinajstić information content (AvgIpc) is 2.43. The summed E-state index contributed by atoms with van der Waals surface area (Å²) in [5.74, 6) is -0.757. The van der Waals surface area contributed by atoms with Crippen LogP contribution in [-0.4, -0.2) is 46.0 Å². The fourth-order valence-electron chi connectivity index (χ4n) is 2.29. The van der Waals surface area contributed by atoms with Gasteiger partial charge in [-0.2, -0.15) is 0 Å². The molecule has 1 aromatic heterocycles. The summed E-state index contributed by atoms with van der Waals surface area (Å²) in [6, 6.07) is 3.68. The highest BCUT2D eigenvalue weighted by Crippen LogP contribution is 2.26. The van der Waals surface area contributed by atoms with Crippen molar-refractivity contribution in [2.75, 3.05) is 13.1 Å². The van der Waals surface area contributed by atoms with Gasteiger partial charge in [0.2, 0.25) is 11.8 Å². The van der Waals surface area contributed by atoms with Gasteiger partial charge in [-0.15, -0.1) is 0 Å². The molecule has 2 amide bonds. The number of hydrogen-bond acceptors (Lipinski definition) is 4. The molecule has 0 aromatic carbocycles. The Bertz CT molecular complexity index is 516. The molecule has 2 N–H and O–H groups in total. The predicted octanol–water partition coefficient (Wildman–Crippen LogP) is 0.0243. The average molecular weight is 277 g/mol. The minimum Gasteiger partial charge on any atom is -0.392 e. The molecule has 2 heterocycles. The lowest BCUT2D eigenvalue weighted by Crippen LogP contribution is -2.44. The van der Waals surface area contributed by atoms with E-state index in [1.807, 2.05) is 6.07 Å². The second-order valence-corrected chi connectivity index (χ2v) is 5.09. The van der Waals surface area contributed by atoms with E-state index in [-0.39, 0.29) is 18.4 Å². The molecule has 2 unspecified atom stereocenters. The number of rotatable bonds is 3. The number of aliphatic hydroxyl groups excluding tert-OH is 1. The van der Waals surface area contributed by atoms with Gasteiger partial charge in [0, 0.05) is 32.8 Å². The van der Waals surface area contributed by atoms with Crippen LogP contribution in [0.5, 0.6) is 0 Å². The number of nitrogens with one attached hydrogen (secondary N) is 1. The van der Waals surface area contributed by atoms with E-state index >= 15 is 0 Å². The summed E-state index contributed by atoms with van der Waals surface area (Å²) >= 11 is 0. The van der Waals surface area contributed by atoms with E-state index in [0.717, 1.165) is 5.56 Å². The van der Waals surface area contributed by atoms with Crippen molar-refractivity contribution in [1.29, 1.82) is 0 Å². The van der Waals surface area contributed by atoms with Gasteiger partial charge in [0.1, 0.15) is 0 Å². The number of carbonyl (C=O) groups excluding carboxylic acids is 2. The maximum Gasteiger partial charge on any atom is 0.231 e. The molecule has 0 bridgehead atoms. The lowest BCUT2D eigenvalue weighted by molar-refractivity contribution is -0.131. The zero-order chi connectivity index (χ0) is 14.7. The predicted molar refractivity (Wildman–Crippen MR) is 72.8 cm³/mol. The molecule has 2 atom stereocenters. The third-order valence-corrected chi connectivity index (χ3v) is 3.35. The molecule has 6 nitrogen and oxygen atoms in total. The lowest BCUT2D eigenvalue weighted by atomic mass is 9.94. The van der Waals surface area contributed by atoms with Crippen LogP contribution >= 0.6 is 0 Å². The molecular formula is C14H19N3O3. The summed E-state index contributed by atoms with van der Waals surface area (Å²) in [6.45, 7) is 4.10. The summed E-state index contributed by atoms with van der Waals surface area (Å²) in [5.41, 5.74) is 1.61. The van der Waals surface area contributed by atoms with Gasteiger partial charge in [0.05, 0.1) is 17.7 Å². The fourth-order valence-corrected chi connectivity index (χ4v) is 2.29. The molecule has 0 saturated carbocycles. The number of amides is 2. The second kappa shape index (κ2) is 6.00. The SMILES string of the molecule is CC(=O)N1Cc2cccnc2C(C(=O)NCC(C)O)C1. The third-order valence-electron chi connectivity index (χ3n) is 3.35. The van der Waals surface area contributed by atoms with Crippen LogP contribution in [0.4, 0.5) is 0 Å². The molecule has 1 aliphatic heterocycles. The minimum atomic E-state index is -0.602. The van der Waals surface area contributed by atoms with E-state index in [2.05, 4.69) is 10.3 Å². The van der Waals surface area contributed by atoms with Crippen molar-refractivity contribution >= 4 is 11.8 Å². The summed E-state index contributed by atoms with van der Waals surface area (Å²) in [4.78, 5) is 29.7. The lowest BCUT2D eigenvalue weighted by Gasteiger charge is -2.32. The summed E-state index contributed by atoms with van der Waals surface area (Å²) in [5, 5.41) is 11.9. The second-order valence-electron chi connectivity index (χ2n) is 5.09. The smallest absolute Gasteiger partial charge is 0.231 e. The van der Waals surface area contributed by atoms with Gasteiger partial charge in [-0.25, -0.2) is 0 Å². The van der Waals surface area contributed by atoms with Crippen LogP contribution in [0.15, 0.2) is 18.3 Å². The molecule has 0 spiro atoms. The normalized spacial score (nSPS) is 19.1. The van der Waals surface area contributed by atoms with Crippen molar-refractivity contribution in [3.8, 4) is 0 Å². The molecule has 6 heteroatoms. The Kier molecular flexibility index (Phi) is 4.34. The Balaban J connectivity index is 2.22. The number of pyridine rings is 1. The molecule has 0 saturated heterocycles. The standard InChI is InChI=1S/C14H19N3O3/c1-9(18)6-16-14(20)12-8-17(10(2)19)7-11-4-3-5-15-13(11)12/h3-5,9,12,18H,6-8H2,1-2H3,(H,16,20). The summed E-state index contributed by atoms with van der Waals surface area (Å²) in [6.07, 6.45) is 1.05. The first kappa shape index (κ1) is 14.5. The van der Waals surface area contributed by atoms with E-state index in [4.69, 9.17) is 0 Å². The Morgan fingerprint density at radius 2 is 2.35 bits per heavy atom. The third kappa shape index (κ3) is 3.14. The van der Waals surface area contributed by atoms with E-state index in [0.29, 0.717) is 18.8 Å². The molecule has 1 aromatic rings. The Morgan fingerprint density at radius 3 is 3.00 bits per heavy atom. The number of aromatic nitrogens is 1. The number of hydrogen-bond donors (Lipinski definition) is 2. The first-order valence-corrected chi connectivity index (χ1v) is 6.64. The van der Waals surface area contributed by atoms with E-state index in [9.17, 15) is 14.7 Å². The zero-order valence-electron chi connectivity index (χ0n) is 11.7. The first-order chi connectivity index (χ1) is 9.49. The molecule has 1 aliphatic rings. The van der Waals surface area contributed by atoms with Crippen molar-refractivity contribution in [2.24, 2.45) is 0 Å². The van der Waals surface area contributed by atoms with E-state index in [1.54, 1.807) is 24.1 Å². The van der Waals surface area contributed by atoms with E-state index < -0.39 is 12.0 Å². The number of nitrogens with zero attached hydrogens (tertiary/aromatic N) is 2. The Morgan fingerprint density at radius 1 is 1.60 bits per heavy atom. The van der Waals surface area contributed by atoms with Crippen molar-refractivity contribution in [2.45, 2.75) is 32.4 Å². The highest BCUT2D eigenvalue weighted by molar-refractivity contribution is 5.85. The first-order valence-electron chi connectivity index (χ1n) is 6.64. The Hall–Kier alpha value is -1.95. The van der Waals surface area contributed by atoms with Crippen LogP contribution in [0.1, 0.15) is 31.0 Å². The number of carbonyl (C=O) groups is 2. The monoisotopic (exact) mass is 277 g/mol. The van der Waals surface area contributed by atoms with Gasteiger partial charge in [0.25, 0.3) is 0 Å². The van der Waals surface area contributed by atoms with Crippen molar-refractivity contribution < 1.29 is 14.7 Å². The Labute approximate surface area is 117 Å². The van der Waals surface area contributed by atoms with Gasteiger partial charge in [-0.1, -0.05) is 6.07 Å².